The summed E-state index contributed by atoms with van der Waals surface area (Å²) in [5.74, 6) is 0.915. The summed E-state index contributed by atoms with van der Waals surface area (Å²) in [6, 6.07) is 0.940. The van der Waals surface area contributed by atoms with Crippen molar-refractivity contribution >= 4 is 5.91 Å². The van der Waals surface area contributed by atoms with Crippen molar-refractivity contribution in [1.29, 1.82) is 0 Å². The third-order valence-electron chi connectivity index (χ3n) is 4.03. The quantitative estimate of drug-likeness (QED) is 0.785. The normalized spacial score (nSPS) is 29.7. The zero-order valence-electron chi connectivity index (χ0n) is 11.7. The van der Waals surface area contributed by atoms with Gasteiger partial charge in [-0.15, -0.1) is 0 Å². The van der Waals surface area contributed by atoms with E-state index in [4.69, 9.17) is 0 Å². The van der Waals surface area contributed by atoms with Crippen molar-refractivity contribution in [3.63, 3.8) is 0 Å². The molecule has 2 unspecified atom stereocenters. The largest absolute Gasteiger partial charge is 0.353 e. The lowest BCUT2D eigenvalue weighted by Crippen LogP contribution is -2.47. The molecule has 0 aromatic rings. The highest BCUT2D eigenvalue weighted by atomic mass is 16.2. The van der Waals surface area contributed by atoms with E-state index in [1.54, 1.807) is 0 Å². The van der Waals surface area contributed by atoms with Gasteiger partial charge < -0.3 is 10.6 Å². The first-order valence-corrected chi connectivity index (χ1v) is 7.40. The van der Waals surface area contributed by atoms with E-state index in [1.165, 1.54) is 32.2 Å². The maximum absolute atomic E-state index is 11.8. The Kier molecular flexibility index (Phi) is 5.01. The zero-order chi connectivity index (χ0) is 13.0. The van der Waals surface area contributed by atoms with Crippen molar-refractivity contribution in [3.05, 3.63) is 0 Å². The van der Waals surface area contributed by atoms with Gasteiger partial charge in [0.15, 0.2) is 0 Å². The summed E-state index contributed by atoms with van der Waals surface area (Å²) in [5, 5.41) is 6.58. The molecule has 0 aromatic heterocycles. The SMILES string of the molecule is CC(C)NC(=O)CN1CCCC(C2CCCN2)C1. The number of nitrogens with one attached hydrogen (secondary N) is 2. The summed E-state index contributed by atoms with van der Waals surface area (Å²) >= 11 is 0. The van der Waals surface area contributed by atoms with E-state index in [2.05, 4.69) is 15.5 Å². The molecule has 0 aromatic carbocycles. The van der Waals surface area contributed by atoms with Crippen molar-refractivity contribution in [2.45, 2.75) is 51.6 Å². The fourth-order valence-corrected chi connectivity index (χ4v) is 3.25. The lowest BCUT2D eigenvalue weighted by molar-refractivity contribution is -0.123. The molecule has 2 saturated heterocycles. The van der Waals surface area contributed by atoms with Gasteiger partial charge in [0.2, 0.25) is 5.91 Å². The number of rotatable bonds is 4. The summed E-state index contributed by atoms with van der Waals surface area (Å²) in [4.78, 5) is 14.1. The van der Waals surface area contributed by atoms with Crippen LogP contribution >= 0.6 is 0 Å². The molecule has 1 amide bonds. The second-order valence-corrected chi connectivity index (χ2v) is 6.06. The monoisotopic (exact) mass is 253 g/mol. The zero-order valence-corrected chi connectivity index (χ0v) is 11.7. The molecule has 0 aliphatic carbocycles. The number of hydrogen-bond acceptors (Lipinski definition) is 3. The van der Waals surface area contributed by atoms with Gasteiger partial charge in [0.1, 0.15) is 0 Å². The Bertz CT molecular complexity index is 274. The minimum absolute atomic E-state index is 0.171. The van der Waals surface area contributed by atoms with Gasteiger partial charge in [-0.1, -0.05) is 0 Å². The van der Waals surface area contributed by atoms with Crippen molar-refractivity contribution in [2.24, 2.45) is 5.92 Å². The van der Waals surface area contributed by atoms with Crippen LogP contribution in [0.3, 0.4) is 0 Å². The van der Waals surface area contributed by atoms with E-state index in [1.807, 2.05) is 13.8 Å². The molecule has 0 saturated carbocycles. The standard InChI is InChI=1S/C14H27N3O/c1-11(2)16-14(18)10-17-8-4-5-12(9-17)13-6-3-7-15-13/h11-13,15H,3-10H2,1-2H3,(H,16,18). The molecule has 2 atom stereocenters. The smallest absolute Gasteiger partial charge is 0.234 e. The van der Waals surface area contributed by atoms with Crippen molar-refractivity contribution in [1.82, 2.24) is 15.5 Å². The second kappa shape index (κ2) is 6.53. The first kappa shape index (κ1) is 13.8. The highest BCUT2D eigenvalue weighted by Gasteiger charge is 2.29. The number of likely N-dealkylation sites (tertiary alicyclic amines) is 1. The minimum atomic E-state index is 0.171. The number of nitrogens with zero attached hydrogens (tertiary/aromatic N) is 1. The van der Waals surface area contributed by atoms with E-state index >= 15 is 0 Å². The van der Waals surface area contributed by atoms with Gasteiger partial charge in [-0.05, 0) is 58.5 Å². The van der Waals surface area contributed by atoms with Crippen LogP contribution in [-0.2, 0) is 4.79 Å². The minimum Gasteiger partial charge on any atom is -0.353 e. The molecule has 2 aliphatic rings. The molecule has 2 heterocycles. The van der Waals surface area contributed by atoms with Crippen LogP contribution in [0.4, 0.5) is 0 Å². The lowest BCUT2D eigenvalue weighted by atomic mass is 9.90. The average molecular weight is 253 g/mol. The average Bonchev–Trinajstić information content (AvgIpc) is 2.81. The van der Waals surface area contributed by atoms with Gasteiger partial charge in [-0.3, -0.25) is 9.69 Å². The molecule has 2 fully saturated rings. The second-order valence-electron chi connectivity index (χ2n) is 6.06. The predicted molar refractivity (Wildman–Crippen MR) is 73.5 cm³/mol. The van der Waals surface area contributed by atoms with Gasteiger partial charge >= 0.3 is 0 Å². The molecule has 4 heteroatoms. The molecular weight excluding hydrogens is 226 g/mol. The Morgan fingerprint density at radius 2 is 2.22 bits per heavy atom. The van der Waals surface area contributed by atoms with Gasteiger partial charge in [-0.2, -0.15) is 0 Å². The van der Waals surface area contributed by atoms with Crippen LogP contribution in [0, 0.1) is 5.92 Å². The molecule has 0 radical (unpaired) electrons. The van der Waals surface area contributed by atoms with Crippen LogP contribution in [0.5, 0.6) is 0 Å². The topological polar surface area (TPSA) is 44.4 Å². The fraction of sp³-hybridized carbons (Fsp3) is 0.929. The Hall–Kier alpha value is -0.610. The van der Waals surface area contributed by atoms with Crippen molar-refractivity contribution in [2.75, 3.05) is 26.2 Å². The van der Waals surface area contributed by atoms with E-state index in [0.29, 0.717) is 12.6 Å². The third kappa shape index (κ3) is 3.95. The van der Waals surface area contributed by atoms with Crippen LogP contribution in [-0.4, -0.2) is 49.1 Å². The molecule has 4 nitrogen and oxygen atoms in total. The van der Waals surface area contributed by atoms with Gasteiger partial charge in [0, 0.05) is 18.6 Å². The predicted octanol–water partition coefficient (Wildman–Crippen LogP) is 0.975. The summed E-state index contributed by atoms with van der Waals surface area (Å²) in [5.41, 5.74) is 0. The number of piperidine rings is 1. The molecule has 0 bridgehead atoms. The lowest BCUT2D eigenvalue weighted by Gasteiger charge is -2.35. The van der Waals surface area contributed by atoms with E-state index in [-0.39, 0.29) is 11.9 Å². The fourth-order valence-electron chi connectivity index (χ4n) is 3.25. The van der Waals surface area contributed by atoms with Crippen LogP contribution in [0.15, 0.2) is 0 Å². The van der Waals surface area contributed by atoms with Crippen LogP contribution < -0.4 is 10.6 Å². The van der Waals surface area contributed by atoms with Crippen LogP contribution in [0.25, 0.3) is 0 Å². The van der Waals surface area contributed by atoms with Crippen LogP contribution in [0.2, 0.25) is 0 Å². The first-order valence-electron chi connectivity index (χ1n) is 7.40. The van der Waals surface area contributed by atoms with Crippen molar-refractivity contribution < 1.29 is 4.79 Å². The molecule has 104 valence electrons. The van der Waals surface area contributed by atoms with E-state index in [0.717, 1.165) is 19.0 Å². The van der Waals surface area contributed by atoms with E-state index in [9.17, 15) is 4.79 Å². The Balaban J connectivity index is 1.77. The molecule has 0 spiro atoms. The number of amides is 1. The third-order valence-corrected chi connectivity index (χ3v) is 4.03. The van der Waals surface area contributed by atoms with Gasteiger partial charge in [0.05, 0.1) is 6.54 Å². The van der Waals surface area contributed by atoms with Gasteiger partial charge in [0.25, 0.3) is 0 Å². The molecule has 2 rings (SSSR count). The number of carbonyl (C=O) groups is 1. The number of carbonyl (C=O) groups excluding carboxylic acids is 1. The highest BCUT2D eigenvalue weighted by molar-refractivity contribution is 5.78. The highest BCUT2D eigenvalue weighted by Crippen LogP contribution is 2.24. The summed E-state index contributed by atoms with van der Waals surface area (Å²) in [6.45, 7) is 7.94. The summed E-state index contributed by atoms with van der Waals surface area (Å²) in [7, 11) is 0. The van der Waals surface area contributed by atoms with E-state index < -0.39 is 0 Å². The van der Waals surface area contributed by atoms with Crippen molar-refractivity contribution in [3.8, 4) is 0 Å². The van der Waals surface area contributed by atoms with Gasteiger partial charge in [-0.25, -0.2) is 0 Å². The maximum Gasteiger partial charge on any atom is 0.234 e. The molecule has 2 N–H and O–H groups in total. The molecular formula is C14H27N3O. The maximum atomic E-state index is 11.8. The van der Waals surface area contributed by atoms with Crippen LogP contribution in [0.1, 0.15) is 39.5 Å². The summed E-state index contributed by atoms with van der Waals surface area (Å²) < 4.78 is 0. The number of hydrogen-bond donors (Lipinski definition) is 2. The summed E-state index contributed by atoms with van der Waals surface area (Å²) in [6.07, 6.45) is 5.18. The Morgan fingerprint density at radius 1 is 1.39 bits per heavy atom. The molecule has 18 heavy (non-hydrogen) atoms. The molecule has 2 aliphatic heterocycles. The Morgan fingerprint density at radius 3 is 2.89 bits per heavy atom. The first-order chi connectivity index (χ1) is 8.65. The Labute approximate surface area is 110 Å².